The zero-order valence-corrected chi connectivity index (χ0v) is 17.2. The molecule has 0 aliphatic rings. The smallest absolute Gasteiger partial charge is 0.331 e. The van der Waals surface area contributed by atoms with Gasteiger partial charge in [0.2, 0.25) is 0 Å². The molecule has 8 nitrogen and oxygen atoms in total. The van der Waals surface area contributed by atoms with Crippen LogP contribution >= 0.6 is 0 Å². The molecule has 0 heterocycles. The Balaban J connectivity index is 0. The lowest BCUT2D eigenvalue weighted by molar-refractivity contribution is -0.144. The molecule has 0 fully saturated rings. The monoisotopic (exact) mass is 422 g/mol. The second-order valence-corrected chi connectivity index (χ2v) is 5.32. The minimum Gasteiger partial charge on any atom is -0.461 e. The molecule has 0 aromatic carbocycles. The van der Waals surface area contributed by atoms with Crippen molar-refractivity contribution in [2.45, 2.75) is 25.7 Å². The van der Waals surface area contributed by atoms with Gasteiger partial charge in [0.1, 0.15) is 26.4 Å². The van der Waals surface area contributed by atoms with Gasteiger partial charge in [0, 0.05) is 25.0 Å². The first-order valence-electron chi connectivity index (χ1n) is 9.17. The van der Waals surface area contributed by atoms with Crippen LogP contribution in [0.15, 0.2) is 62.8 Å². The van der Waals surface area contributed by atoms with Crippen molar-refractivity contribution in [3.8, 4) is 0 Å². The Kier molecular flexibility index (Phi) is 21.0. The van der Waals surface area contributed by atoms with Crippen molar-refractivity contribution in [1.82, 2.24) is 0 Å². The van der Waals surface area contributed by atoms with Gasteiger partial charge in [0.25, 0.3) is 0 Å². The van der Waals surface area contributed by atoms with E-state index in [2.05, 4.69) is 35.8 Å². The van der Waals surface area contributed by atoms with Crippen LogP contribution in [-0.2, 0) is 38.1 Å². The van der Waals surface area contributed by atoms with E-state index in [1.807, 2.05) is 0 Å². The number of esters is 4. The lowest BCUT2D eigenvalue weighted by Crippen LogP contribution is -2.06. The Labute approximate surface area is 177 Å². The van der Waals surface area contributed by atoms with Gasteiger partial charge in [-0.05, 0) is 12.8 Å². The molecule has 0 bridgehead atoms. The van der Waals surface area contributed by atoms with Gasteiger partial charge < -0.3 is 18.9 Å². The second-order valence-electron chi connectivity index (χ2n) is 5.32. The summed E-state index contributed by atoms with van der Waals surface area (Å²) in [6, 6.07) is 0. The van der Waals surface area contributed by atoms with Gasteiger partial charge in [0.05, 0.1) is 0 Å². The van der Waals surface area contributed by atoms with E-state index in [1.54, 1.807) is 0 Å². The molecule has 0 aliphatic carbocycles. The molecule has 166 valence electrons. The van der Waals surface area contributed by atoms with Crippen LogP contribution in [0.3, 0.4) is 0 Å². The van der Waals surface area contributed by atoms with Gasteiger partial charge in [-0.2, -0.15) is 0 Å². The van der Waals surface area contributed by atoms with E-state index in [-0.39, 0.29) is 38.4 Å². The van der Waals surface area contributed by atoms with Crippen LogP contribution in [0.1, 0.15) is 25.7 Å². The van der Waals surface area contributed by atoms with Gasteiger partial charge >= 0.3 is 23.9 Å². The van der Waals surface area contributed by atoms with Crippen LogP contribution in [0.25, 0.3) is 0 Å². The van der Waals surface area contributed by atoms with Crippen LogP contribution in [0.4, 0.5) is 0 Å². The van der Waals surface area contributed by atoms with Crippen molar-refractivity contribution < 1.29 is 38.1 Å². The Morgan fingerprint density at radius 3 is 1.13 bits per heavy atom. The van der Waals surface area contributed by atoms with Gasteiger partial charge in [-0.1, -0.05) is 50.6 Å². The average Bonchev–Trinajstić information content (AvgIpc) is 2.75. The van der Waals surface area contributed by atoms with Crippen LogP contribution in [0.2, 0.25) is 0 Å². The molecular formula is C22H30O8. The molecule has 0 radical (unpaired) electrons. The standard InChI is InChI=1S/C12H18O4.C10H12O4/c1-3-9-15-11(13)7-5-6-8-12(14)16-10-4-2;1-3-7-13-9(11)5-6-10(12)14-8-4-2/h3-4H,1-2,5-10H2;3-6H,1-2,7-8H2. The predicted octanol–water partition coefficient (Wildman–Crippen LogP) is 3.01. The summed E-state index contributed by atoms with van der Waals surface area (Å²) in [5.74, 6) is -1.75. The molecule has 0 atom stereocenters. The topological polar surface area (TPSA) is 105 Å². The lowest BCUT2D eigenvalue weighted by atomic mass is 10.2. The van der Waals surface area contributed by atoms with Crippen molar-refractivity contribution in [3.05, 3.63) is 62.8 Å². The van der Waals surface area contributed by atoms with E-state index < -0.39 is 11.9 Å². The number of hydrogen-bond acceptors (Lipinski definition) is 8. The summed E-state index contributed by atoms with van der Waals surface area (Å²) in [6.07, 6.45) is 9.78. The van der Waals surface area contributed by atoms with Gasteiger partial charge in [-0.15, -0.1) is 0 Å². The molecule has 0 aromatic rings. The Bertz CT molecular complexity index is 552. The van der Waals surface area contributed by atoms with Crippen molar-refractivity contribution in [3.63, 3.8) is 0 Å². The zero-order valence-electron chi connectivity index (χ0n) is 17.2. The summed E-state index contributed by atoms with van der Waals surface area (Å²) in [6.45, 7) is 14.3. The molecule has 0 amide bonds. The van der Waals surface area contributed by atoms with Gasteiger partial charge in [-0.3, -0.25) is 9.59 Å². The Hall–Kier alpha value is -3.42. The minimum atomic E-state index is -0.611. The number of rotatable bonds is 15. The molecule has 0 saturated heterocycles. The first-order valence-corrected chi connectivity index (χ1v) is 9.17. The van der Waals surface area contributed by atoms with E-state index in [1.165, 1.54) is 24.3 Å². The van der Waals surface area contributed by atoms with E-state index >= 15 is 0 Å². The molecule has 0 N–H and O–H groups in total. The van der Waals surface area contributed by atoms with E-state index in [0.29, 0.717) is 25.7 Å². The highest BCUT2D eigenvalue weighted by Gasteiger charge is 2.04. The fourth-order valence-electron chi connectivity index (χ4n) is 1.50. The molecule has 0 aromatic heterocycles. The average molecular weight is 422 g/mol. The molecule has 0 aliphatic heterocycles. The summed E-state index contributed by atoms with van der Waals surface area (Å²) in [4.78, 5) is 43.6. The third-order valence-corrected chi connectivity index (χ3v) is 2.78. The first kappa shape index (κ1) is 28.8. The number of hydrogen-bond donors (Lipinski definition) is 0. The maximum Gasteiger partial charge on any atom is 0.331 e. The Morgan fingerprint density at radius 1 is 0.533 bits per heavy atom. The summed E-state index contributed by atoms with van der Waals surface area (Å²) in [5.41, 5.74) is 0. The fraction of sp³-hybridized carbons (Fsp3) is 0.364. The fourth-order valence-corrected chi connectivity index (χ4v) is 1.50. The van der Waals surface area contributed by atoms with E-state index in [0.717, 1.165) is 12.2 Å². The van der Waals surface area contributed by atoms with E-state index in [9.17, 15) is 19.2 Å². The maximum atomic E-state index is 11.0. The minimum absolute atomic E-state index is 0.116. The molecule has 0 saturated carbocycles. The summed E-state index contributed by atoms with van der Waals surface area (Å²) in [5, 5.41) is 0. The zero-order chi connectivity index (χ0) is 23.0. The lowest BCUT2D eigenvalue weighted by Gasteiger charge is -2.02. The van der Waals surface area contributed by atoms with Crippen LogP contribution < -0.4 is 0 Å². The first-order chi connectivity index (χ1) is 14.4. The largest absolute Gasteiger partial charge is 0.461 e. The van der Waals surface area contributed by atoms with Crippen molar-refractivity contribution in [2.75, 3.05) is 26.4 Å². The molecule has 30 heavy (non-hydrogen) atoms. The highest BCUT2D eigenvalue weighted by Crippen LogP contribution is 2.02. The number of ether oxygens (including phenoxy) is 4. The Morgan fingerprint density at radius 2 is 0.833 bits per heavy atom. The molecule has 0 spiro atoms. The van der Waals surface area contributed by atoms with Gasteiger partial charge in [-0.25, -0.2) is 9.59 Å². The molecule has 0 rings (SSSR count). The normalized spacial score (nSPS) is 9.33. The van der Waals surface area contributed by atoms with Crippen LogP contribution in [-0.4, -0.2) is 50.3 Å². The summed E-state index contributed by atoms with van der Waals surface area (Å²) < 4.78 is 18.7. The highest BCUT2D eigenvalue weighted by atomic mass is 16.5. The second kappa shape index (κ2) is 21.9. The quantitative estimate of drug-likeness (QED) is 0.130. The third kappa shape index (κ3) is 22.6. The third-order valence-electron chi connectivity index (χ3n) is 2.78. The van der Waals surface area contributed by atoms with Gasteiger partial charge in [0.15, 0.2) is 0 Å². The number of unbranched alkanes of at least 4 members (excludes halogenated alkanes) is 1. The van der Waals surface area contributed by atoms with E-state index in [4.69, 9.17) is 9.47 Å². The van der Waals surface area contributed by atoms with Crippen LogP contribution in [0, 0.1) is 0 Å². The molecular weight excluding hydrogens is 392 g/mol. The predicted molar refractivity (Wildman–Crippen MR) is 112 cm³/mol. The summed E-state index contributed by atoms with van der Waals surface area (Å²) in [7, 11) is 0. The molecule has 0 unspecified atom stereocenters. The maximum absolute atomic E-state index is 11.0. The SMILES string of the molecule is C=CCOC(=O)C=CC(=O)OCC=C.C=CCOC(=O)CCCCC(=O)OCC=C. The number of carbonyl (C=O) groups excluding carboxylic acids is 4. The number of carbonyl (C=O) groups is 4. The highest BCUT2D eigenvalue weighted by molar-refractivity contribution is 5.91. The van der Waals surface area contributed by atoms with Crippen molar-refractivity contribution in [1.29, 1.82) is 0 Å². The van der Waals surface area contributed by atoms with Crippen molar-refractivity contribution in [2.24, 2.45) is 0 Å². The molecule has 8 heteroatoms. The summed E-state index contributed by atoms with van der Waals surface area (Å²) >= 11 is 0. The van der Waals surface area contributed by atoms with Crippen LogP contribution in [0.5, 0.6) is 0 Å². The van der Waals surface area contributed by atoms with Crippen molar-refractivity contribution >= 4 is 23.9 Å².